The monoisotopic (exact) mass is 273 g/mol. The summed E-state index contributed by atoms with van der Waals surface area (Å²) in [6.07, 6.45) is 0.829. The Kier molecular flexibility index (Phi) is 4.29. The van der Waals surface area contributed by atoms with Crippen LogP contribution in [-0.4, -0.2) is 12.1 Å². The van der Waals surface area contributed by atoms with E-state index < -0.39 is 0 Å². The van der Waals surface area contributed by atoms with Gasteiger partial charge in [0.1, 0.15) is 5.82 Å². The smallest absolute Gasteiger partial charge is 0.123 e. The van der Waals surface area contributed by atoms with Gasteiger partial charge in [-0.3, -0.25) is 0 Å². The Hall–Kier alpha value is -0.410. The second kappa shape index (κ2) is 5.08. The van der Waals surface area contributed by atoms with Crippen molar-refractivity contribution in [2.24, 2.45) is 0 Å². The van der Waals surface area contributed by atoms with E-state index in [1.54, 1.807) is 12.1 Å². The van der Waals surface area contributed by atoms with E-state index in [-0.39, 0.29) is 11.4 Å². The van der Waals surface area contributed by atoms with E-state index in [0.717, 1.165) is 23.0 Å². The average Bonchev–Trinajstić information content (AvgIpc) is 2.09. The van der Waals surface area contributed by atoms with E-state index >= 15 is 0 Å². The van der Waals surface area contributed by atoms with Crippen LogP contribution in [0.15, 0.2) is 22.7 Å². The van der Waals surface area contributed by atoms with E-state index in [1.807, 2.05) is 0 Å². The van der Waals surface area contributed by atoms with Crippen molar-refractivity contribution in [2.45, 2.75) is 32.7 Å². The largest absolute Gasteiger partial charge is 0.312 e. The summed E-state index contributed by atoms with van der Waals surface area (Å²) in [5.41, 5.74) is 1.12. The molecule has 0 radical (unpaired) electrons. The number of nitrogens with one attached hydrogen (secondary N) is 1. The van der Waals surface area contributed by atoms with Crippen molar-refractivity contribution < 1.29 is 4.39 Å². The van der Waals surface area contributed by atoms with Gasteiger partial charge >= 0.3 is 0 Å². The lowest BCUT2D eigenvalue weighted by Gasteiger charge is -2.20. The molecule has 0 saturated heterocycles. The van der Waals surface area contributed by atoms with Crippen molar-refractivity contribution in [1.82, 2.24) is 5.32 Å². The third-order valence-corrected chi connectivity index (χ3v) is 2.83. The minimum absolute atomic E-state index is 0.111. The van der Waals surface area contributed by atoms with Crippen molar-refractivity contribution in [3.05, 3.63) is 34.1 Å². The number of benzene rings is 1. The maximum Gasteiger partial charge on any atom is 0.123 e. The lowest BCUT2D eigenvalue weighted by molar-refractivity contribution is 0.429. The number of rotatable bonds is 3. The molecule has 1 aromatic rings. The fourth-order valence-electron chi connectivity index (χ4n) is 1.31. The maximum atomic E-state index is 13.0. The standard InChI is InChI=1S/C12H17BrFN/c1-12(2,3)15-7-6-9-8-10(14)4-5-11(9)13/h4-5,8,15H,6-7H2,1-3H3. The van der Waals surface area contributed by atoms with Gasteiger partial charge in [0, 0.05) is 10.0 Å². The molecule has 0 saturated carbocycles. The van der Waals surface area contributed by atoms with Gasteiger partial charge in [-0.25, -0.2) is 4.39 Å². The summed E-state index contributed by atoms with van der Waals surface area (Å²) in [7, 11) is 0. The topological polar surface area (TPSA) is 12.0 Å². The fourth-order valence-corrected chi connectivity index (χ4v) is 1.75. The molecule has 84 valence electrons. The Bertz CT molecular complexity index is 331. The van der Waals surface area contributed by atoms with Crippen LogP contribution in [0.3, 0.4) is 0 Å². The Labute approximate surface area is 99.2 Å². The molecule has 0 aliphatic rings. The molecule has 0 heterocycles. The van der Waals surface area contributed by atoms with E-state index in [4.69, 9.17) is 0 Å². The second-order valence-corrected chi connectivity index (χ2v) is 5.52. The van der Waals surface area contributed by atoms with Crippen LogP contribution in [0.5, 0.6) is 0 Å². The zero-order valence-electron chi connectivity index (χ0n) is 9.40. The van der Waals surface area contributed by atoms with Crippen LogP contribution < -0.4 is 5.32 Å². The van der Waals surface area contributed by atoms with Crippen LogP contribution >= 0.6 is 15.9 Å². The minimum Gasteiger partial charge on any atom is -0.312 e. The van der Waals surface area contributed by atoms with Crippen LogP contribution in [0, 0.1) is 5.82 Å². The minimum atomic E-state index is -0.177. The first-order valence-electron chi connectivity index (χ1n) is 5.07. The van der Waals surface area contributed by atoms with E-state index in [2.05, 4.69) is 42.0 Å². The predicted molar refractivity (Wildman–Crippen MR) is 65.6 cm³/mol. The summed E-state index contributed by atoms with van der Waals surface area (Å²) < 4.78 is 13.9. The van der Waals surface area contributed by atoms with Crippen LogP contribution in [0.4, 0.5) is 4.39 Å². The first kappa shape index (κ1) is 12.7. The highest BCUT2D eigenvalue weighted by Gasteiger charge is 2.08. The number of halogens is 2. The zero-order chi connectivity index (χ0) is 11.5. The molecule has 0 unspecified atom stereocenters. The zero-order valence-corrected chi connectivity index (χ0v) is 11.0. The molecule has 0 aliphatic heterocycles. The molecule has 1 nitrogen and oxygen atoms in total. The summed E-state index contributed by atoms with van der Waals surface area (Å²) in [6, 6.07) is 4.79. The first-order chi connectivity index (χ1) is 6.88. The molecule has 1 aromatic carbocycles. The molecule has 0 atom stereocenters. The molecule has 0 aromatic heterocycles. The van der Waals surface area contributed by atoms with Gasteiger partial charge in [-0.05, 0) is 57.5 Å². The van der Waals surface area contributed by atoms with Gasteiger partial charge in [0.2, 0.25) is 0 Å². The molecule has 0 amide bonds. The van der Waals surface area contributed by atoms with Crippen molar-refractivity contribution in [3.8, 4) is 0 Å². The highest BCUT2D eigenvalue weighted by molar-refractivity contribution is 9.10. The Balaban J connectivity index is 2.54. The summed E-state index contributed by atoms with van der Waals surface area (Å²) in [6.45, 7) is 7.21. The molecule has 15 heavy (non-hydrogen) atoms. The van der Waals surface area contributed by atoms with Gasteiger partial charge in [-0.2, -0.15) is 0 Å². The van der Waals surface area contributed by atoms with Gasteiger partial charge in [-0.1, -0.05) is 15.9 Å². The quantitative estimate of drug-likeness (QED) is 0.889. The van der Waals surface area contributed by atoms with Gasteiger partial charge in [0.05, 0.1) is 0 Å². The van der Waals surface area contributed by atoms with Crippen LogP contribution in [0.25, 0.3) is 0 Å². The van der Waals surface area contributed by atoms with E-state index in [1.165, 1.54) is 6.07 Å². The lowest BCUT2D eigenvalue weighted by Crippen LogP contribution is -2.37. The second-order valence-electron chi connectivity index (χ2n) is 4.66. The van der Waals surface area contributed by atoms with Crippen LogP contribution in [-0.2, 0) is 6.42 Å². The van der Waals surface area contributed by atoms with E-state index in [0.29, 0.717) is 0 Å². The van der Waals surface area contributed by atoms with Crippen molar-refractivity contribution >= 4 is 15.9 Å². The normalized spacial score (nSPS) is 11.8. The third kappa shape index (κ3) is 4.76. The van der Waals surface area contributed by atoms with E-state index in [9.17, 15) is 4.39 Å². The molecule has 0 spiro atoms. The van der Waals surface area contributed by atoms with Gasteiger partial charge < -0.3 is 5.32 Å². The highest BCUT2D eigenvalue weighted by Crippen LogP contribution is 2.18. The Morgan fingerprint density at radius 1 is 1.33 bits per heavy atom. The molecule has 0 aliphatic carbocycles. The van der Waals surface area contributed by atoms with Gasteiger partial charge in [0.25, 0.3) is 0 Å². The molecule has 1 N–H and O–H groups in total. The Morgan fingerprint density at radius 2 is 2.00 bits per heavy atom. The van der Waals surface area contributed by atoms with Gasteiger partial charge in [-0.15, -0.1) is 0 Å². The van der Waals surface area contributed by atoms with Crippen molar-refractivity contribution in [2.75, 3.05) is 6.54 Å². The number of hydrogen-bond donors (Lipinski definition) is 1. The molecular weight excluding hydrogens is 257 g/mol. The molecule has 3 heteroatoms. The molecule has 0 bridgehead atoms. The van der Waals surface area contributed by atoms with Crippen molar-refractivity contribution in [3.63, 3.8) is 0 Å². The lowest BCUT2D eigenvalue weighted by atomic mass is 10.1. The number of hydrogen-bond acceptors (Lipinski definition) is 1. The first-order valence-corrected chi connectivity index (χ1v) is 5.87. The summed E-state index contributed by atoms with van der Waals surface area (Å²) in [4.78, 5) is 0. The summed E-state index contributed by atoms with van der Waals surface area (Å²) in [5, 5.41) is 3.37. The molecule has 0 fully saturated rings. The van der Waals surface area contributed by atoms with Gasteiger partial charge in [0.15, 0.2) is 0 Å². The molecular formula is C12H17BrFN. The van der Waals surface area contributed by atoms with Crippen molar-refractivity contribution in [1.29, 1.82) is 0 Å². The Morgan fingerprint density at radius 3 is 2.60 bits per heavy atom. The highest BCUT2D eigenvalue weighted by atomic mass is 79.9. The van der Waals surface area contributed by atoms with Crippen LogP contribution in [0.2, 0.25) is 0 Å². The maximum absolute atomic E-state index is 13.0. The summed E-state index contributed by atoms with van der Waals surface area (Å²) >= 11 is 3.42. The summed E-state index contributed by atoms with van der Waals surface area (Å²) in [5.74, 6) is -0.177. The third-order valence-electron chi connectivity index (χ3n) is 2.06. The predicted octanol–water partition coefficient (Wildman–Crippen LogP) is 3.52. The molecule has 1 rings (SSSR count). The average molecular weight is 274 g/mol. The van der Waals surface area contributed by atoms with Crippen LogP contribution in [0.1, 0.15) is 26.3 Å². The SMILES string of the molecule is CC(C)(C)NCCc1cc(F)ccc1Br. The fraction of sp³-hybridized carbons (Fsp3) is 0.500.